The second-order valence-electron chi connectivity index (χ2n) is 5.97. The number of nitrogens with zero attached hydrogens (tertiary/aromatic N) is 2. The first-order valence-corrected chi connectivity index (χ1v) is 7.57. The van der Waals surface area contributed by atoms with Crippen LogP contribution in [0.4, 0.5) is 0 Å². The average molecular weight is 277 g/mol. The van der Waals surface area contributed by atoms with Crippen LogP contribution in [0.25, 0.3) is 0 Å². The SMILES string of the molecule is COc1cc(C)nc(CN2CCCC2CNC(C)C)c1. The molecule has 20 heavy (non-hydrogen) atoms. The van der Waals surface area contributed by atoms with Crippen molar-refractivity contribution in [3.05, 3.63) is 23.5 Å². The van der Waals surface area contributed by atoms with E-state index in [0.717, 1.165) is 30.2 Å². The van der Waals surface area contributed by atoms with Gasteiger partial charge in [-0.2, -0.15) is 0 Å². The van der Waals surface area contributed by atoms with Crippen molar-refractivity contribution in [2.24, 2.45) is 0 Å². The summed E-state index contributed by atoms with van der Waals surface area (Å²) in [4.78, 5) is 7.17. The van der Waals surface area contributed by atoms with E-state index < -0.39 is 0 Å². The molecule has 1 atom stereocenters. The number of hydrogen-bond acceptors (Lipinski definition) is 4. The number of pyridine rings is 1. The molecule has 0 bridgehead atoms. The van der Waals surface area contributed by atoms with Gasteiger partial charge < -0.3 is 10.1 Å². The van der Waals surface area contributed by atoms with Crippen molar-refractivity contribution >= 4 is 0 Å². The summed E-state index contributed by atoms with van der Waals surface area (Å²) in [5.74, 6) is 0.906. The van der Waals surface area contributed by atoms with Gasteiger partial charge in [0.15, 0.2) is 0 Å². The van der Waals surface area contributed by atoms with Gasteiger partial charge in [-0.1, -0.05) is 13.8 Å². The summed E-state index contributed by atoms with van der Waals surface area (Å²) >= 11 is 0. The molecule has 1 aromatic rings. The number of methoxy groups -OCH3 is 1. The fourth-order valence-electron chi connectivity index (χ4n) is 2.82. The Morgan fingerprint density at radius 3 is 2.95 bits per heavy atom. The van der Waals surface area contributed by atoms with E-state index >= 15 is 0 Å². The minimum Gasteiger partial charge on any atom is -0.497 e. The molecular formula is C16H27N3O. The largest absolute Gasteiger partial charge is 0.497 e. The van der Waals surface area contributed by atoms with E-state index in [-0.39, 0.29) is 0 Å². The van der Waals surface area contributed by atoms with Crippen LogP contribution in [-0.2, 0) is 6.54 Å². The Kier molecular flexibility index (Phi) is 5.38. The minimum atomic E-state index is 0.551. The molecule has 1 aromatic heterocycles. The van der Waals surface area contributed by atoms with Gasteiger partial charge in [-0.05, 0) is 26.3 Å². The normalized spacial score (nSPS) is 19.8. The molecule has 4 nitrogen and oxygen atoms in total. The lowest BCUT2D eigenvalue weighted by Gasteiger charge is -2.25. The summed E-state index contributed by atoms with van der Waals surface area (Å²) in [5, 5.41) is 3.55. The maximum absolute atomic E-state index is 5.34. The van der Waals surface area contributed by atoms with Gasteiger partial charge in [0.2, 0.25) is 0 Å². The van der Waals surface area contributed by atoms with Crippen LogP contribution >= 0.6 is 0 Å². The maximum Gasteiger partial charge on any atom is 0.122 e. The van der Waals surface area contributed by atoms with Crippen molar-refractivity contribution in [1.82, 2.24) is 15.2 Å². The van der Waals surface area contributed by atoms with E-state index in [2.05, 4.69) is 35.1 Å². The molecule has 0 spiro atoms. The van der Waals surface area contributed by atoms with Gasteiger partial charge in [-0.25, -0.2) is 0 Å². The molecular weight excluding hydrogens is 250 g/mol. The van der Waals surface area contributed by atoms with Crippen LogP contribution in [0.1, 0.15) is 38.1 Å². The summed E-state index contributed by atoms with van der Waals surface area (Å²) in [7, 11) is 1.71. The second-order valence-corrected chi connectivity index (χ2v) is 5.97. The Labute approximate surface area is 122 Å². The van der Waals surface area contributed by atoms with Crippen LogP contribution in [0.15, 0.2) is 12.1 Å². The van der Waals surface area contributed by atoms with E-state index in [9.17, 15) is 0 Å². The van der Waals surface area contributed by atoms with Gasteiger partial charge in [-0.15, -0.1) is 0 Å². The zero-order chi connectivity index (χ0) is 14.5. The van der Waals surface area contributed by atoms with Crippen LogP contribution in [0.2, 0.25) is 0 Å². The molecule has 1 aliphatic rings. The molecule has 0 amide bonds. The number of rotatable bonds is 6. The molecule has 1 unspecified atom stereocenters. The fourth-order valence-corrected chi connectivity index (χ4v) is 2.82. The summed E-state index contributed by atoms with van der Waals surface area (Å²) in [6.45, 7) is 9.58. The summed E-state index contributed by atoms with van der Waals surface area (Å²) in [5.41, 5.74) is 2.13. The van der Waals surface area contributed by atoms with E-state index in [1.54, 1.807) is 7.11 Å². The minimum absolute atomic E-state index is 0.551. The first kappa shape index (κ1) is 15.3. The number of ether oxygens (including phenoxy) is 1. The first-order valence-electron chi connectivity index (χ1n) is 7.57. The van der Waals surface area contributed by atoms with Crippen molar-refractivity contribution in [2.45, 2.75) is 52.2 Å². The number of aryl methyl sites for hydroxylation is 1. The van der Waals surface area contributed by atoms with E-state index in [1.807, 2.05) is 13.0 Å². The summed E-state index contributed by atoms with van der Waals surface area (Å²) < 4.78 is 5.34. The number of likely N-dealkylation sites (tertiary alicyclic amines) is 1. The fraction of sp³-hybridized carbons (Fsp3) is 0.688. The number of aromatic nitrogens is 1. The monoisotopic (exact) mass is 277 g/mol. The molecule has 4 heteroatoms. The van der Waals surface area contributed by atoms with Crippen molar-refractivity contribution in [1.29, 1.82) is 0 Å². The van der Waals surface area contributed by atoms with E-state index in [0.29, 0.717) is 12.1 Å². The van der Waals surface area contributed by atoms with E-state index in [4.69, 9.17) is 4.74 Å². The van der Waals surface area contributed by atoms with Crippen LogP contribution in [0.5, 0.6) is 5.75 Å². The van der Waals surface area contributed by atoms with E-state index in [1.165, 1.54) is 19.4 Å². The summed E-state index contributed by atoms with van der Waals surface area (Å²) in [6.07, 6.45) is 2.57. The van der Waals surface area contributed by atoms with Gasteiger partial charge in [0.1, 0.15) is 5.75 Å². The first-order chi connectivity index (χ1) is 9.58. The molecule has 0 radical (unpaired) electrons. The zero-order valence-corrected chi connectivity index (χ0v) is 13.1. The lowest BCUT2D eigenvalue weighted by atomic mass is 10.2. The maximum atomic E-state index is 5.34. The standard InChI is InChI=1S/C16H27N3O/c1-12(2)17-10-15-6-5-7-19(15)11-14-9-16(20-4)8-13(3)18-14/h8-9,12,15,17H,5-7,10-11H2,1-4H3. The Bertz CT molecular complexity index is 434. The molecule has 0 saturated carbocycles. The highest BCUT2D eigenvalue weighted by atomic mass is 16.5. The molecule has 2 rings (SSSR count). The Balaban J connectivity index is 1.99. The molecule has 1 N–H and O–H groups in total. The molecule has 1 saturated heterocycles. The van der Waals surface area contributed by atoms with Crippen LogP contribution in [-0.4, -0.2) is 42.2 Å². The summed E-state index contributed by atoms with van der Waals surface area (Å²) in [6, 6.07) is 5.21. The predicted molar refractivity (Wildman–Crippen MR) is 82.1 cm³/mol. The lowest BCUT2D eigenvalue weighted by Crippen LogP contribution is -2.40. The van der Waals surface area contributed by atoms with Crippen LogP contribution in [0, 0.1) is 6.92 Å². The molecule has 0 aromatic carbocycles. The van der Waals surface area contributed by atoms with Crippen molar-refractivity contribution in [3.63, 3.8) is 0 Å². The van der Waals surface area contributed by atoms with Gasteiger partial charge in [0.25, 0.3) is 0 Å². The van der Waals surface area contributed by atoms with Gasteiger partial charge >= 0.3 is 0 Å². The Hall–Kier alpha value is -1.13. The van der Waals surface area contributed by atoms with Crippen molar-refractivity contribution < 1.29 is 4.74 Å². The van der Waals surface area contributed by atoms with Gasteiger partial charge in [-0.3, -0.25) is 9.88 Å². The van der Waals surface area contributed by atoms with Crippen LogP contribution in [0.3, 0.4) is 0 Å². The molecule has 112 valence electrons. The second kappa shape index (κ2) is 7.04. The quantitative estimate of drug-likeness (QED) is 0.866. The average Bonchev–Trinajstić information content (AvgIpc) is 2.83. The third-order valence-corrected chi connectivity index (χ3v) is 3.84. The third-order valence-electron chi connectivity index (χ3n) is 3.84. The Morgan fingerprint density at radius 2 is 2.25 bits per heavy atom. The van der Waals surface area contributed by atoms with Gasteiger partial charge in [0, 0.05) is 43.0 Å². The third kappa shape index (κ3) is 4.18. The number of nitrogens with one attached hydrogen (secondary N) is 1. The lowest BCUT2D eigenvalue weighted by molar-refractivity contribution is 0.233. The highest BCUT2D eigenvalue weighted by molar-refractivity contribution is 5.26. The molecule has 1 aliphatic heterocycles. The predicted octanol–water partition coefficient (Wildman–Crippen LogP) is 2.36. The zero-order valence-electron chi connectivity index (χ0n) is 13.1. The molecule has 1 fully saturated rings. The van der Waals surface area contributed by atoms with Crippen molar-refractivity contribution in [2.75, 3.05) is 20.2 Å². The number of hydrogen-bond donors (Lipinski definition) is 1. The highest BCUT2D eigenvalue weighted by Gasteiger charge is 2.24. The molecule has 0 aliphatic carbocycles. The van der Waals surface area contributed by atoms with Gasteiger partial charge in [0.05, 0.1) is 12.8 Å². The smallest absolute Gasteiger partial charge is 0.122 e. The molecule has 2 heterocycles. The Morgan fingerprint density at radius 1 is 1.45 bits per heavy atom. The highest BCUT2D eigenvalue weighted by Crippen LogP contribution is 2.21. The topological polar surface area (TPSA) is 37.4 Å². The van der Waals surface area contributed by atoms with Crippen LogP contribution < -0.4 is 10.1 Å². The van der Waals surface area contributed by atoms with Crippen molar-refractivity contribution in [3.8, 4) is 5.75 Å².